The molecule has 1 atom stereocenters. The number of allylic oxidation sites excluding steroid dienone is 2. The van der Waals surface area contributed by atoms with Crippen LogP contribution in [-0.2, 0) is 0 Å². The molecule has 3 N–H and O–H groups in total. The van der Waals surface area contributed by atoms with Crippen LogP contribution in [0.5, 0.6) is 5.19 Å². The van der Waals surface area contributed by atoms with Crippen LogP contribution in [0.4, 0.5) is 0 Å². The molecule has 1 aromatic rings. The van der Waals surface area contributed by atoms with E-state index in [2.05, 4.69) is 34.7 Å². The third-order valence-corrected chi connectivity index (χ3v) is 4.37. The highest BCUT2D eigenvalue weighted by Crippen LogP contribution is 2.20. The van der Waals surface area contributed by atoms with Crippen LogP contribution in [0.1, 0.15) is 63.0 Å². The molecule has 1 amide bonds. The second-order valence-corrected chi connectivity index (χ2v) is 8.21. The van der Waals surface area contributed by atoms with E-state index in [4.69, 9.17) is 4.74 Å². The highest BCUT2D eigenvalue weighted by Gasteiger charge is 2.15. The Kier molecular flexibility index (Phi) is 10.5. The predicted octanol–water partition coefficient (Wildman–Crippen LogP) is 3.14. The van der Waals surface area contributed by atoms with Gasteiger partial charge >= 0.3 is 0 Å². The molecule has 0 spiro atoms. The molecule has 0 fully saturated rings. The fraction of sp³-hybridized carbons (Fsp3) is 0.684. The van der Waals surface area contributed by atoms with Gasteiger partial charge in [-0.05, 0) is 46.5 Å². The molecule has 148 valence electrons. The van der Waals surface area contributed by atoms with Crippen LogP contribution < -0.4 is 15.4 Å². The fourth-order valence-corrected chi connectivity index (χ4v) is 2.73. The number of carbonyl (C=O) groups is 1. The van der Waals surface area contributed by atoms with E-state index in [0.29, 0.717) is 23.2 Å². The molecule has 0 aromatic carbocycles. The molecule has 0 saturated carbocycles. The van der Waals surface area contributed by atoms with Gasteiger partial charge in [-0.1, -0.05) is 30.4 Å². The second-order valence-electron chi connectivity index (χ2n) is 7.22. The first-order chi connectivity index (χ1) is 12.3. The normalized spacial score (nSPS) is 13.1. The minimum atomic E-state index is -0.628. The molecule has 0 aliphatic heterocycles. The molecule has 0 bridgehead atoms. The minimum Gasteiger partial charge on any atom is -0.467 e. The summed E-state index contributed by atoms with van der Waals surface area (Å²) in [5, 5.41) is 16.4. The third-order valence-electron chi connectivity index (χ3n) is 3.46. The van der Waals surface area contributed by atoms with Crippen molar-refractivity contribution >= 4 is 17.2 Å². The van der Waals surface area contributed by atoms with Crippen molar-refractivity contribution in [1.82, 2.24) is 15.6 Å². The van der Waals surface area contributed by atoms with Gasteiger partial charge in [0.2, 0.25) is 0 Å². The number of aliphatic hydroxyl groups is 1. The van der Waals surface area contributed by atoms with Gasteiger partial charge in [0.25, 0.3) is 11.1 Å². The smallest absolute Gasteiger partial charge is 0.273 e. The first kappa shape index (κ1) is 22.6. The number of carbonyl (C=O) groups excluding carboxylic acids is 1. The molecule has 0 aliphatic rings. The van der Waals surface area contributed by atoms with Crippen LogP contribution in [0.3, 0.4) is 0 Å². The van der Waals surface area contributed by atoms with Crippen LogP contribution in [0.25, 0.3) is 0 Å². The summed E-state index contributed by atoms with van der Waals surface area (Å²) in [6.45, 7) is 9.46. The minimum absolute atomic E-state index is 0.0558. The number of amides is 1. The lowest BCUT2D eigenvalue weighted by Crippen LogP contribution is -2.42. The average Bonchev–Trinajstić information content (AvgIpc) is 3.05. The Hall–Kier alpha value is -1.44. The van der Waals surface area contributed by atoms with Crippen LogP contribution in [-0.4, -0.2) is 47.3 Å². The summed E-state index contributed by atoms with van der Waals surface area (Å²) in [5.74, 6) is -0.128. The largest absolute Gasteiger partial charge is 0.467 e. The van der Waals surface area contributed by atoms with Crippen molar-refractivity contribution in [1.29, 1.82) is 0 Å². The Bertz CT molecular complexity index is 552. The van der Waals surface area contributed by atoms with E-state index in [9.17, 15) is 9.90 Å². The van der Waals surface area contributed by atoms with E-state index in [-0.39, 0.29) is 18.1 Å². The lowest BCUT2D eigenvalue weighted by Gasteiger charge is -2.22. The monoisotopic (exact) mass is 383 g/mol. The van der Waals surface area contributed by atoms with Crippen LogP contribution in [0, 0.1) is 0 Å². The molecule has 1 rings (SSSR count). The number of aromatic nitrogens is 1. The van der Waals surface area contributed by atoms with E-state index >= 15 is 0 Å². The number of aliphatic hydroxyl groups excluding tert-OH is 1. The van der Waals surface area contributed by atoms with Crippen LogP contribution in [0.15, 0.2) is 18.3 Å². The molecule has 0 saturated heterocycles. The Morgan fingerprint density at radius 1 is 1.38 bits per heavy atom. The van der Waals surface area contributed by atoms with Crippen LogP contribution >= 0.6 is 11.3 Å². The zero-order valence-corrected chi connectivity index (χ0v) is 17.2. The van der Waals surface area contributed by atoms with Crippen molar-refractivity contribution in [3.05, 3.63) is 23.2 Å². The Labute approximate surface area is 161 Å². The average molecular weight is 384 g/mol. The Morgan fingerprint density at radius 3 is 2.85 bits per heavy atom. The molecule has 1 heterocycles. The molecular formula is C19H33N3O3S. The lowest BCUT2D eigenvalue weighted by molar-refractivity contribution is 0.0957. The van der Waals surface area contributed by atoms with Gasteiger partial charge < -0.3 is 20.5 Å². The number of nitrogens with one attached hydrogen (secondary N) is 2. The van der Waals surface area contributed by atoms with Gasteiger partial charge in [-0.25, -0.2) is 4.98 Å². The van der Waals surface area contributed by atoms with E-state index in [0.717, 1.165) is 25.7 Å². The van der Waals surface area contributed by atoms with E-state index in [1.807, 2.05) is 20.8 Å². The van der Waals surface area contributed by atoms with Gasteiger partial charge in [-0.2, -0.15) is 0 Å². The van der Waals surface area contributed by atoms with Gasteiger partial charge in [-0.15, -0.1) is 0 Å². The second kappa shape index (κ2) is 12.0. The van der Waals surface area contributed by atoms with E-state index in [1.165, 1.54) is 17.5 Å². The maximum atomic E-state index is 12.1. The molecule has 7 heteroatoms. The van der Waals surface area contributed by atoms with E-state index in [1.54, 1.807) is 0 Å². The first-order valence-corrected chi connectivity index (χ1v) is 10.1. The standard InChI is InChI=1S/C19H33N3O3S/c1-5-6-7-8-9-10-11-20-17(24)16-13-21-18(26-16)25-14-15(23)12-22-19(2,3)4/h6-7,13,15,22-23H,5,8-12,14H2,1-4H3,(H,20,24)/b7-6+. The Morgan fingerprint density at radius 2 is 2.15 bits per heavy atom. The van der Waals surface area contributed by atoms with Crippen molar-refractivity contribution in [3.8, 4) is 5.19 Å². The summed E-state index contributed by atoms with van der Waals surface area (Å²) in [7, 11) is 0. The number of hydrogen-bond donors (Lipinski definition) is 3. The molecule has 26 heavy (non-hydrogen) atoms. The van der Waals surface area contributed by atoms with Crippen molar-refractivity contribution in [2.24, 2.45) is 0 Å². The molecule has 0 radical (unpaired) electrons. The lowest BCUT2D eigenvalue weighted by atomic mass is 10.1. The summed E-state index contributed by atoms with van der Waals surface area (Å²) in [5.41, 5.74) is -0.0558. The SMILES string of the molecule is CC/C=C/CCCCNC(=O)c1cnc(OCC(O)CNC(C)(C)C)s1. The van der Waals surface area contributed by atoms with Crippen molar-refractivity contribution in [2.75, 3.05) is 19.7 Å². The maximum Gasteiger partial charge on any atom is 0.273 e. The highest BCUT2D eigenvalue weighted by atomic mass is 32.1. The summed E-state index contributed by atoms with van der Waals surface area (Å²) < 4.78 is 5.47. The topological polar surface area (TPSA) is 83.5 Å². The van der Waals surface area contributed by atoms with Gasteiger partial charge in [0.05, 0.1) is 6.20 Å². The fourth-order valence-electron chi connectivity index (χ4n) is 2.04. The summed E-state index contributed by atoms with van der Waals surface area (Å²) in [6.07, 6.45) is 9.36. The molecule has 6 nitrogen and oxygen atoms in total. The molecule has 0 aliphatic carbocycles. The molecular weight excluding hydrogens is 350 g/mol. The van der Waals surface area contributed by atoms with E-state index < -0.39 is 6.10 Å². The number of β-amino-alcohol motifs (C(OH)–C–C–N with tert-alkyl or cyclic N) is 1. The number of nitrogens with zero attached hydrogens (tertiary/aromatic N) is 1. The van der Waals surface area contributed by atoms with Crippen LogP contribution in [0.2, 0.25) is 0 Å². The number of unbranched alkanes of at least 4 members (excludes halogenated alkanes) is 2. The number of thiazole rings is 1. The van der Waals surface area contributed by atoms with Gasteiger partial charge in [0.1, 0.15) is 17.6 Å². The molecule has 1 unspecified atom stereocenters. The zero-order valence-electron chi connectivity index (χ0n) is 16.4. The molecule has 1 aromatic heterocycles. The number of ether oxygens (including phenoxy) is 1. The summed E-state index contributed by atoms with van der Waals surface area (Å²) >= 11 is 1.19. The zero-order chi connectivity index (χ0) is 19.4. The van der Waals surface area contributed by atoms with Gasteiger partial charge in [0, 0.05) is 18.6 Å². The third kappa shape index (κ3) is 10.5. The number of rotatable bonds is 12. The highest BCUT2D eigenvalue weighted by molar-refractivity contribution is 7.15. The van der Waals surface area contributed by atoms with Crippen molar-refractivity contribution < 1.29 is 14.6 Å². The summed E-state index contributed by atoms with van der Waals surface area (Å²) in [6, 6.07) is 0. The van der Waals surface area contributed by atoms with Gasteiger partial charge in [-0.3, -0.25) is 4.79 Å². The van der Waals surface area contributed by atoms with Crippen molar-refractivity contribution in [2.45, 2.75) is 65.0 Å². The van der Waals surface area contributed by atoms with Crippen molar-refractivity contribution in [3.63, 3.8) is 0 Å². The first-order valence-electron chi connectivity index (χ1n) is 9.26. The quantitative estimate of drug-likeness (QED) is 0.381. The van der Waals surface area contributed by atoms with Gasteiger partial charge in [0.15, 0.2) is 0 Å². The predicted molar refractivity (Wildman–Crippen MR) is 107 cm³/mol. The number of hydrogen-bond acceptors (Lipinski definition) is 6. The summed E-state index contributed by atoms with van der Waals surface area (Å²) in [4.78, 5) is 16.7. The Balaban J connectivity index is 2.24. The maximum absolute atomic E-state index is 12.1.